The van der Waals surface area contributed by atoms with Gasteiger partial charge in [0.25, 0.3) is 0 Å². The Morgan fingerprint density at radius 3 is 2.69 bits per heavy atom. The van der Waals surface area contributed by atoms with Crippen LogP contribution in [0.4, 0.5) is 4.39 Å². The zero-order valence-electron chi connectivity index (χ0n) is 16.7. The molecule has 1 aliphatic rings. The van der Waals surface area contributed by atoms with Crippen molar-refractivity contribution in [2.24, 2.45) is 0 Å². The largest absolute Gasteiger partial charge is 0.491 e. The van der Waals surface area contributed by atoms with Crippen LogP contribution in [-0.4, -0.2) is 47.5 Å². The molecule has 0 saturated heterocycles. The standard InChI is InChI=1S/C23H27FN2O3/c1-26(18-5-3-2-4-6-18)14-19(27)15-28-20-10-7-16(8-11-20)23-21-12-9-17(24)13-22(21)29-25-23/h7-13,18-19,27H,2-6,14-15H2,1H3/t19-/m1/s1. The van der Waals surface area contributed by atoms with Crippen LogP contribution < -0.4 is 4.74 Å². The molecule has 0 bridgehead atoms. The highest BCUT2D eigenvalue weighted by atomic mass is 19.1. The molecule has 5 nitrogen and oxygen atoms in total. The number of benzene rings is 2. The van der Waals surface area contributed by atoms with Crippen LogP contribution in [0.1, 0.15) is 32.1 Å². The van der Waals surface area contributed by atoms with Crippen LogP contribution in [0.15, 0.2) is 47.0 Å². The number of nitrogens with zero attached hydrogens (tertiary/aromatic N) is 2. The zero-order valence-corrected chi connectivity index (χ0v) is 16.7. The van der Waals surface area contributed by atoms with E-state index in [2.05, 4.69) is 17.1 Å². The number of likely N-dealkylation sites (N-methyl/N-ethyl adjacent to an activating group) is 1. The summed E-state index contributed by atoms with van der Waals surface area (Å²) in [5.74, 6) is 0.337. The second-order valence-electron chi connectivity index (χ2n) is 7.89. The summed E-state index contributed by atoms with van der Waals surface area (Å²) in [5.41, 5.74) is 1.95. The maximum Gasteiger partial charge on any atom is 0.170 e. The number of hydrogen-bond acceptors (Lipinski definition) is 5. The second kappa shape index (κ2) is 8.93. The highest BCUT2D eigenvalue weighted by Gasteiger charge is 2.20. The number of ether oxygens (including phenoxy) is 1. The molecule has 1 saturated carbocycles. The van der Waals surface area contributed by atoms with Crippen molar-refractivity contribution in [3.63, 3.8) is 0 Å². The molecule has 0 amide bonds. The Kier molecular flexibility index (Phi) is 6.11. The van der Waals surface area contributed by atoms with Gasteiger partial charge in [-0.3, -0.25) is 0 Å². The minimum atomic E-state index is -0.531. The second-order valence-corrected chi connectivity index (χ2v) is 7.89. The van der Waals surface area contributed by atoms with Gasteiger partial charge in [0.15, 0.2) is 5.58 Å². The van der Waals surface area contributed by atoms with E-state index < -0.39 is 6.10 Å². The lowest BCUT2D eigenvalue weighted by molar-refractivity contribution is 0.0561. The maximum atomic E-state index is 13.3. The van der Waals surface area contributed by atoms with Crippen molar-refractivity contribution in [3.05, 3.63) is 48.3 Å². The Morgan fingerprint density at radius 1 is 1.17 bits per heavy atom. The van der Waals surface area contributed by atoms with Crippen LogP contribution in [-0.2, 0) is 0 Å². The lowest BCUT2D eigenvalue weighted by Gasteiger charge is -2.32. The third kappa shape index (κ3) is 4.77. The first-order valence-corrected chi connectivity index (χ1v) is 10.3. The molecular formula is C23H27FN2O3. The van der Waals surface area contributed by atoms with E-state index in [0.717, 1.165) is 10.9 Å². The van der Waals surface area contributed by atoms with Gasteiger partial charge in [0.05, 0.1) is 0 Å². The molecule has 4 rings (SSSR count). The van der Waals surface area contributed by atoms with Crippen molar-refractivity contribution in [1.82, 2.24) is 10.1 Å². The van der Waals surface area contributed by atoms with Crippen molar-refractivity contribution in [2.75, 3.05) is 20.2 Å². The Bertz CT molecular complexity index is 935. The summed E-state index contributed by atoms with van der Waals surface area (Å²) in [6, 6.07) is 12.4. The van der Waals surface area contributed by atoms with Gasteiger partial charge in [-0.15, -0.1) is 0 Å². The fourth-order valence-corrected chi connectivity index (χ4v) is 4.08. The van der Waals surface area contributed by atoms with Gasteiger partial charge in [-0.1, -0.05) is 24.4 Å². The van der Waals surface area contributed by atoms with Crippen LogP contribution in [0.25, 0.3) is 22.2 Å². The minimum absolute atomic E-state index is 0.253. The summed E-state index contributed by atoms with van der Waals surface area (Å²) < 4.78 is 24.3. The third-order valence-electron chi connectivity index (χ3n) is 5.70. The Hall–Kier alpha value is -2.44. The SMILES string of the molecule is CN(C[C@@H](O)COc1ccc(-c2noc3cc(F)ccc23)cc1)C1CCCCC1. The molecule has 0 radical (unpaired) electrons. The summed E-state index contributed by atoms with van der Waals surface area (Å²) in [4.78, 5) is 2.26. The molecule has 0 spiro atoms. The molecule has 2 aromatic carbocycles. The summed E-state index contributed by atoms with van der Waals surface area (Å²) in [5, 5.41) is 15.2. The van der Waals surface area contributed by atoms with E-state index in [9.17, 15) is 9.50 Å². The molecule has 6 heteroatoms. The van der Waals surface area contributed by atoms with Crippen molar-refractivity contribution in [1.29, 1.82) is 0 Å². The first-order chi connectivity index (χ1) is 14.1. The minimum Gasteiger partial charge on any atom is -0.491 e. The molecule has 1 fully saturated rings. The van der Waals surface area contributed by atoms with Crippen molar-refractivity contribution < 1.29 is 18.8 Å². The summed E-state index contributed by atoms with van der Waals surface area (Å²) in [6.45, 7) is 0.868. The quantitative estimate of drug-likeness (QED) is 0.628. The molecule has 29 heavy (non-hydrogen) atoms. The maximum absolute atomic E-state index is 13.3. The highest BCUT2D eigenvalue weighted by Crippen LogP contribution is 2.29. The first kappa shape index (κ1) is 19.9. The van der Waals surface area contributed by atoms with E-state index in [0.29, 0.717) is 29.6 Å². The van der Waals surface area contributed by atoms with Gasteiger partial charge in [-0.25, -0.2) is 4.39 Å². The molecule has 0 unspecified atom stereocenters. The van der Waals surface area contributed by atoms with E-state index in [1.807, 2.05) is 24.3 Å². The van der Waals surface area contributed by atoms with E-state index in [4.69, 9.17) is 9.26 Å². The van der Waals surface area contributed by atoms with Gasteiger partial charge in [-0.05, 0) is 56.3 Å². The average Bonchev–Trinajstić information content (AvgIpc) is 3.16. The number of aromatic nitrogens is 1. The van der Waals surface area contributed by atoms with Crippen LogP contribution in [0, 0.1) is 5.82 Å². The molecule has 3 aromatic rings. The Morgan fingerprint density at radius 2 is 1.93 bits per heavy atom. The van der Waals surface area contributed by atoms with Gasteiger partial charge in [0, 0.05) is 29.6 Å². The monoisotopic (exact) mass is 398 g/mol. The normalized spacial score (nSPS) is 16.4. The molecular weight excluding hydrogens is 371 g/mol. The van der Waals surface area contributed by atoms with Gasteiger partial charge in [-0.2, -0.15) is 0 Å². The number of hydrogen-bond donors (Lipinski definition) is 1. The fraction of sp³-hybridized carbons (Fsp3) is 0.435. The number of aliphatic hydroxyl groups excluding tert-OH is 1. The summed E-state index contributed by atoms with van der Waals surface area (Å²) >= 11 is 0. The topological polar surface area (TPSA) is 58.7 Å². The molecule has 1 heterocycles. The average molecular weight is 398 g/mol. The predicted octanol–water partition coefficient (Wildman–Crippen LogP) is 4.64. The van der Waals surface area contributed by atoms with Crippen LogP contribution in [0.2, 0.25) is 0 Å². The van der Waals surface area contributed by atoms with Crippen LogP contribution >= 0.6 is 0 Å². The number of fused-ring (bicyclic) bond motifs is 1. The van der Waals surface area contributed by atoms with Gasteiger partial charge < -0.3 is 19.3 Å². The summed E-state index contributed by atoms with van der Waals surface area (Å²) in [6.07, 6.45) is 5.79. The van der Waals surface area contributed by atoms with Crippen LogP contribution in [0.3, 0.4) is 0 Å². The molecule has 1 atom stereocenters. The number of aliphatic hydroxyl groups is 1. The smallest absolute Gasteiger partial charge is 0.170 e. The van der Waals surface area contributed by atoms with Crippen molar-refractivity contribution in [2.45, 2.75) is 44.2 Å². The lowest BCUT2D eigenvalue weighted by atomic mass is 9.94. The van der Waals surface area contributed by atoms with Gasteiger partial charge in [0.1, 0.15) is 30.0 Å². The zero-order chi connectivity index (χ0) is 20.2. The molecule has 1 aliphatic carbocycles. The van der Waals surface area contributed by atoms with E-state index in [1.165, 1.54) is 44.2 Å². The number of rotatable bonds is 7. The van der Waals surface area contributed by atoms with Crippen LogP contribution in [0.5, 0.6) is 5.75 Å². The van der Waals surface area contributed by atoms with Gasteiger partial charge in [0.2, 0.25) is 0 Å². The number of halogens is 1. The van der Waals surface area contributed by atoms with E-state index in [1.54, 1.807) is 6.07 Å². The third-order valence-corrected chi connectivity index (χ3v) is 5.70. The molecule has 0 aliphatic heterocycles. The highest BCUT2D eigenvalue weighted by molar-refractivity contribution is 5.91. The van der Waals surface area contributed by atoms with Crippen molar-refractivity contribution in [3.8, 4) is 17.0 Å². The van der Waals surface area contributed by atoms with E-state index in [-0.39, 0.29) is 12.4 Å². The van der Waals surface area contributed by atoms with Crippen molar-refractivity contribution >= 4 is 11.0 Å². The molecule has 154 valence electrons. The molecule has 1 aromatic heterocycles. The Labute approximate surface area is 170 Å². The lowest BCUT2D eigenvalue weighted by Crippen LogP contribution is -2.40. The molecule has 1 N–H and O–H groups in total. The van der Waals surface area contributed by atoms with Gasteiger partial charge >= 0.3 is 0 Å². The predicted molar refractivity (Wildman–Crippen MR) is 110 cm³/mol. The first-order valence-electron chi connectivity index (χ1n) is 10.3. The summed E-state index contributed by atoms with van der Waals surface area (Å²) in [7, 11) is 2.09. The Balaban J connectivity index is 1.33. The fourth-order valence-electron chi connectivity index (χ4n) is 4.08. The van der Waals surface area contributed by atoms with E-state index >= 15 is 0 Å².